The summed E-state index contributed by atoms with van der Waals surface area (Å²) in [5, 5.41) is 7.15. The van der Waals surface area contributed by atoms with Gasteiger partial charge in [0.05, 0.1) is 24.0 Å². The molecule has 29 heavy (non-hydrogen) atoms. The first-order chi connectivity index (χ1) is 14.1. The molecule has 1 aromatic carbocycles. The molecule has 0 spiro atoms. The van der Waals surface area contributed by atoms with Crippen LogP contribution in [0.5, 0.6) is 11.6 Å². The fourth-order valence-corrected chi connectivity index (χ4v) is 3.76. The fourth-order valence-electron chi connectivity index (χ4n) is 3.76. The van der Waals surface area contributed by atoms with Crippen molar-refractivity contribution in [1.29, 1.82) is 0 Å². The quantitative estimate of drug-likeness (QED) is 0.719. The smallest absolute Gasteiger partial charge is 0.238 e. The Bertz CT molecular complexity index is 966. The Kier molecular flexibility index (Phi) is 5.55. The molecule has 150 valence electrons. The van der Waals surface area contributed by atoms with Gasteiger partial charge in [-0.15, -0.1) is 0 Å². The summed E-state index contributed by atoms with van der Waals surface area (Å²) in [4.78, 5) is 23.8. The summed E-state index contributed by atoms with van der Waals surface area (Å²) < 4.78 is 5.82. The average Bonchev–Trinajstić information content (AvgIpc) is 3.07. The maximum absolute atomic E-state index is 12.9. The number of rotatable bonds is 5. The molecular formula is C22H25N5O2. The van der Waals surface area contributed by atoms with Crippen molar-refractivity contribution in [3.05, 3.63) is 65.4 Å². The van der Waals surface area contributed by atoms with Crippen molar-refractivity contribution < 1.29 is 9.53 Å². The van der Waals surface area contributed by atoms with Gasteiger partial charge >= 0.3 is 0 Å². The number of aromatic amines is 1. The molecule has 4 rings (SSSR count). The van der Waals surface area contributed by atoms with Gasteiger partial charge < -0.3 is 9.64 Å². The monoisotopic (exact) mass is 391 g/mol. The molecule has 0 saturated carbocycles. The molecule has 1 aliphatic heterocycles. The number of hydrogen-bond acceptors (Lipinski definition) is 5. The highest BCUT2D eigenvalue weighted by Crippen LogP contribution is 2.28. The first-order valence-electron chi connectivity index (χ1n) is 9.93. The Morgan fingerprint density at radius 1 is 1.24 bits per heavy atom. The van der Waals surface area contributed by atoms with Gasteiger partial charge in [-0.05, 0) is 38.8 Å². The Balaban J connectivity index is 1.44. The maximum Gasteiger partial charge on any atom is 0.238 e. The molecule has 7 nitrogen and oxygen atoms in total. The lowest BCUT2D eigenvalue weighted by Gasteiger charge is -2.32. The van der Waals surface area contributed by atoms with E-state index >= 15 is 0 Å². The third-order valence-electron chi connectivity index (χ3n) is 5.40. The van der Waals surface area contributed by atoms with Gasteiger partial charge in [0.15, 0.2) is 0 Å². The van der Waals surface area contributed by atoms with E-state index in [1.807, 2.05) is 49.1 Å². The standard InChI is InChI=1S/C22H25N5O2/c1-15-19(16(2)26-25-15)11-22(28)27-10-6-7-17(14-27)20-12-23-13-21(24-20)29-18-8-4-3-5-9-18/h3-5,8-9,12-13,17H,6-7,10-11,14H2,1-2H3,(H,25,26)/t17-/m0/s1. The predicted molar refractivity (Wildman–Crippen MR) is 109 cm³/mol. The molecule has 1 N–H and O–H groups in total. The minimum Gasteiger partial charge on any atom is -0.437 e. The minimum atomic E-state index is 0.131. The van der Waals surface area contributed by atoms with Gasteiger partial charge in [-0.2, -0.15) is 5.10 Å². The van der Waals surface area contributed by atoms with Crippen molar-refractivity contribution in [3.63, 3.8) is 0 Å². The number of likely N-dealkylation sites (tertiary alicyclic amines) is 1. The normalized spacial score (nSPS) is 16.6. The van der Waals surface area contributed by atoms with Gasteiger partial charge in [0.25, 0.3) is 0 Å². The van der Waals surface area contributed by atoms with Crippen LogP contribution in [0.15, 0.2) is 42.7 Å². The molecular weight excluding hydrogens is 366 g/mol. The van der Waals surface area contributed by atoms with Gasteiger partial charge in [-0.25, -0.2) is 4.98 Å². The number of aromatic nitrogens is 4. The number of amides is 1. The van der Waals surface area contributed by atoms with Crippen molar-refractivity contribution in [3.8, 4) is 11.6 Å². The first-order valence-corrected chi connectivity index (χ1v) is 9.93. The number of nitrogens with one attached hydrogen (secondary N) is 1. The van der Waals surface area contributed by atoms with Crippen molar-refractivity contribution in [2.24, 2.45) is 0 Å². The Labute approximate surface area is 170 Å². The number of para-hydroxylation sites is 1. The van der Waals surface area contributed by atoms with Gasteiger partial charge in [-0.1, -0.05) is 18.2 Å². The highest BCUT2D eigenvalue weighted by Gasteiger charge is 2.27. The number of hydrogen-bond donors (Lipinski definition) is 1. The SMILES string of the molecule is Cc1n[nH]c(C)c1CC(=O)N1CCC[C@H](c2cncc(Oc3ccccc3)n2)C1. The third-order valence-corrected chi connectivity index (χ3v) is 5.40. The average molecular weight is 391 g/mol. The van der Waals surface area contributed by atoms with Crippen LogP contribution in [0.1, 0.15) is 41.4 Å². The molecule has 1 atom stereocenters. The molecule has 0 unspecified atom stereocenters. The lowest BCUT2D eigenvalue weighted by molar-refractivity contribution is -0.131. The molecule has 1 fully saturated rings. The second-order valence-electron chi connectivity index (χ2n) is 7.47. The van der Waals surface area contributed by atoms with Crippen molar-refractivity contribution in [2.75, 3.05) is 13.1 Å². The highest BCUT2D eigenvalue weighted by atomic mass is 16.5. The van der Waals surface area contributed by atoms with Gasteiger partial charge in [0, 0.05) is 36.5 Å². The molecule has 1 aliphatic rings. The molecule has 2 aromatic heterocycles. The summed E-state index contributed by atoms with van der Waals surface area (Å²) in [5.41, 5.74) is 3.71. The van der Waals surface area contributed by atoms with Gasteiger partial charge in [0.2, 0.25) is 11.8 Å². The number of nitrogens with zero attached hydrogens (tertiary/aromatic N) is 4. The van der Waals surface area contributed by atoms with Crippen LogP contribution in [0.3, 0.4) is 0 Å². The molecule has 1 saturated heterocycles. The number of H-pyrrole nitrogens is 1. The summed E-state index contributed by atoms with van der Waals surface area (Å²) in [5.74, 6) is 1.49. The number of piperidine rings is 1. The number of benzene rings is 1. The Hall–Kier alpha value is -3.22. The van der Waals surface area contributed by atoms with E-state index in [0.717, 1.165) is 47.8 Å². The van der Waals surface area contributed by atoms with Crippen molar-refractivity contribution in [1.82, 2.24) is 25.1 Å². The van der Waals surface area contributed by atoms with E-state index in [9.17, 15) is 4.79 Å². The van der Waals surface area contributed by atoms with Crippen LogP contribution in [0.25, 0.3) is 0 Å². The maximum atomic E-state index is 12.9. The first kappa shape index (κ1) is 19.1. The van der Waals surface area contributed by atoms with Crippen LogP contribution in [-0.4, -0.2) is 44.1 Å². The van der Waals surface area contributed by atoms with Crippen molar-refractivity contribution >= 4 is 5.91 Å². The van der Waals surface area contributed by atoms with Gasteiger partial charge in [-0.3, -0.25) is 14.9 Å². The molecule has 3 aromatic rings. The molecule has 0 aliphatic carbocycles. The van der Waals surface area contributed by atoms with Crippen LogP contribution in [0, 0.1) is 13.8 Å². The predicted octanol–water partition coefficient (Wildman–Crippen LogP) is 3.56. The molecule has 1 amide bonds. The Morgan fingerprint density at radius 3 is 2.83 bits per heavy atom. The van der Waals surface area contributed by atoms with Crippen LogP contribution in [-0.2, 0) is 11.2 Å². The Morgan fingerprint density at radius 2 is 2.07 bits per heavy atom. The summed E-state index contributed by atoms with van der Waals surface area (Å²) in [6.45, 7) is 5.31. The molecule has 0 radical (unpaired) electrons. The largest absolute Gasteiger partial charge is 0.437 e. The van der Waals surface area contributed by atoms with Crippen LogP contribution in [0.2, 0.25) is 0 Å². The molecule has 7 heteroatoms. The van der Waals surface area contributed by atoms with E-state index in [4.69, 9.17) is 4.74 Å². The van der Waals surface area contributed by atoms with Crippen LogP contribution in [0.4, 0.5) is 0 Å². The zero-order valence-corrected chi connectivity index (χ0v) is 16.8. The lowest BCUT2D eigenvalue weighted by atomic mass is 9.94. The minimum absolute atomic E-state index is 0.131. The van der Waals surface area contributed by atoms with Crippen LogP contribution >= 0.6 is 0 Å². The number of ether oxygens (including phenoxy) is 1. The highest BCUT2D eigenvalue weighted by molar-refractivity contribution is 5.79. The summed E-state index contributed by atoms with van der Waals surface area (Å²) in [7, 11) is 0. The van der Waals surface area contributed by atoms with E-state index in [1.165, 1.54) is 0 Å². The van der Waals surface area contributed by atoms with E-state index in [2.05, 4.69) is 20.2 Å². The summed E-state index contributed by atoms with van der Waals surface area (Å²) in [6.07, 6.45) is 5.71. The van der Waals surface area contributed by atoms with E-state index in [0.29, 0.717) is 18.8 Å². The number of aryl methyl sites for hydroxylation is 2. The number of carbonyl (C=O) groups excluding carboxylic acids is 1. The van der Waals surface area contributed by atoms with Crippen molar-refractivity contribution in [2.45, 2.75) is 39.0 Å². The molecule has 0 bridgehead atoms. The summed E-state index contributed by atoms with van der Waals surface area (Å²) in [6, 6.07) is 9.54. The topological polar surface area (TPSA) is 84.0 Å². The van der Waals surface area contributed by atoms with Gasteiger partial charge in [0.1, 0.15) is 5.75 Å². The van der Waals surface area contributed by atoms with E-state index < -0.39 is 0 Å². The molecule has 3 heterocycles. The fraction of sp³-hybridized carbons (Fsp3) is 0.364. The number of carbonyl (C=O) groups is 1. The van der Waals surface area contributed by atoms with E-state index in [1.54, 1.807) is 12.4 Å². The lowest BCUT2D eigenvalue weighted by Crippen LogP contribution is -2.40. The van der Waals surface area contributed by atoms with E-state index in [-0.39, 0.29) is 11.8 Å². The second-order valence-corrected chi connectivity index (χ2v) is 7.47. The third kappa shape index (κ3) is 4.45. The van der Waals surface area contributed by atoms with Crippen LogP contribution < -0.4 is 4.74 Å². The zero-order valence-electron chi connectivity index (χ0n) is 16.8. The zero-order chi connectivity index (χ0) is 20.2. The second kappa shape index (κ2) is 8.43. The summed E-state index contributed by atoms with van der Waals surface area (Å²) >= 11 is 0.